The second-order valence-corrected chi connectivity index (χ2v) is 8.38. The van der Waals surface area contributed by atoms with Gasteiger partial charge in [0, 0.05) is 24.3 Å². The van der Waals surface area contributed by atoms with Gasteiger partial charge in [-0.25, -0.2) is 8.42 Å². The van der Waals surface area contributed by atoms with Crippen LogP contribution in [0.15, 0.2) is 53.4 Å². The molecule has 144 valence electrons. The summed E-state index contributed by atoms with van der Waals surface area (Å²) < 4.78 is 31.8. The van der Waals surface area contributed by atoms with Gasteiger partial charge in [0.15, 0.2) is 0 Å². The number of hydrogen-bond acceptors (Lipinski definition) is 4. The average molecular weight is 388 g/mol. The normalized spacial score (nSPS) is 15.4. The van der Waals surface area contributed by atoms with Crippen LogP contribution in [-0.4, -0.2) is 44.9 Å². The number of hydrogen-bond donors (Lipinski definition) is 1. The Morgan fingerprint density at radius 1 is 1.04 bits per heavy atom. The monoisotopic (exact) mass is 388 g/mol. The molecule has 1 aliphatic rings. The van der Waals surface area contributed by atoms with Crippen LogP contribution in [0.4, 0.5) is 5.69 Å². The van der Waals surface area contributed by atoms with Gasteiger partial charge in [-0.15, -0.1) is 0 Å². The third kappa shape index (κ3) is 4.74. The molecule has 0 spiro atoms. The molecule has 0 unspecified atom stereocenters. The van der Waals surface area contributed by atoms with E-state index in [0.717, 1.165) is 12.8 Å². The zero-order valence-electron chi connectivity index (χ0n) is 15.3. The van der Waals surface area contributed by atoms with Gasteiger partial charge in [0.25, 0.3) is 5.91 Å². The number of nitrogens with one attached hydrogen (secondary N) is 1. The summed E-state index contributed by atoms with van der Waals surface area (Å²) in [7, 11) is -3.55. The summed E-state index contributed by atoms with van der Waals surface area (Å²) in [5.41, 5.74) is 2.35. The van der Waals surface area contributed by atoms with E-state index in [1.54, 1.807) is 0 Å². The van der Waals surface area contributed by atoms with Crippen LogP contribution in [0.3, 0.4) is 0 Å². The molecule has 7 heteroatoms. The van der Waals surface area contributed by atoms with Gasteiger partial charge in [-0.2, -0.15) is 4.31 Å². The van der Waals surface area contributed by atoms with Crippen LogP contribution in [0.2, 0.25) is 0 Å². The summed E-state index contributed by atoms with van der Waals surface area (Å²) in [6.45, 7) is 3.61. The Bertz CT molecular complexity index is 871. The fraction of sp³-hybridized carbons (Fsp3) is 0.350. The number of anilines is 1. The van der Waals surface area contributed by atoms with Crippen molar-refractivity contribution >= 4 is 21.6 Å². The molecular formula is C20H24N2O4S. The van der Waals surface area contributed by atoms with E-state index in [9.17, 15) is 13.2 Å². The molecule has 1 aliphatic heterocycles. The van der Waals surface area contributed by atoms with Crippen molar-refractivity contribution in [3.8, 4) is 0 Å². The van der Waals surface area contributed by atoms with Crippen LogP contribution in [0.5, 0.6) is 0 Å². The highest BCUT2D eigenvalue weighted by Gasteiger charge is 2.26. The van der Waals surface area contributed by atoms with E-state index in [1.165, 1.54) is 34.1 Å². The minimum absolute atomic E-state index is 0.185. The number of carbonyl (C=O) groups is 1. The molecule has 0 aliphatic carbocycles. The number of benzene rings is 2. The molecule has 6 nitrogen and oxygen atoms in total. The highest BCUT2D eigenvalue weighted by Crippen LogP contribution is 2.18. The van der Waals surface area contributed by atoms with Crippen molar-refractivity contribution in [3.63, 3.8) is 0 Å². The summed E-state index contributed by atoms with van der Waals surface area (Å²) in [5, 5.41) is 2.83. The lowest BCUT2D eigenvalue weighted by molar-refractivity contribution is 0.0730. The van der Waals surface area contributed by atoms with E-state index < -0.39 is 10.0 Å². The maximum Gasteiger partial charge on any atom is 0.255 e. The standard InChI is InChI=1S/C20H24N2O4S/c1-2-3-16-4-8-18(9-5-16)21-20(23)17-6-10-19(11-7-17)27(24,25)22-12-14-26-15-13-22/h4-11H,2-3,12-15H2,1H3,(H,21,23). The first-order valence-electron chi connectivity index (χ1n) is 9.09. The van der Waals surface area contributed by atoms with Gasteiger partial charge in [0.2, 0.25) is 10.0 Å². The first-order valence-corrected chi connectivity index (χ1v) is 10.5. The van der Waals surface area contributed by atoms with Crippen LogP contribution in [0.1, 0.15) is 29.3 Å². The van der Waals surface area contributed by atoms with Crippen LogP contribution in [-0.2, 0) is 21.2 Å². The van der Waals surface area contributed by atoms with E-state index in [2.05, 4.69) is 12.2 Å². The molecule has 27 heavy (non-hydrogen) atoms. The smallest absolute Gasteiger partial charge is 0.255 e. The molecule has 1 fully saturated rings. The quantitative estimate of drug-likeness (QED) is 0.826. The van der Waals surface area contributed by atoms with E-state index in [-0.39, 0.29) is 10.8 Å². The average Bonchev–Trinajstić information content (AvgIpc) is 2.70. The highest BCUT2D eigenvalue weighted by molar-refractivity contribution is 7.89. The first kappa shape index (κ1) is 19.5. The fourth-order valence-corrected chi connectivity index (χ4v) is 4.37. The molecule has 3 rings (SSSR count). The van der Waals surface area contributed by atoms with Gasteiger partial charge in [0.05, 0.1) is 18.1 Å². The Labute approximate surface area is 160 Å². The zero-order chi connectivity index (χ0) is 19.3. The zero-order valence-corrected chi connectivity index (χ0v) is 16.2. The Hall–Kier alpha value is -2.22. The number of sulfonamides is 1. The van der Waals surface area contributed by atoms with Gasteiger partial charge in [-0.1, -0.05) is 25.5 Å². The molecule has 1 N–H and O–H groups in total. The molecule has 2 aromatic rings. The lowest BCUT2D eigenvalue weighted by atomic mass is 10.1. The van der Waals surface area contributed by atoms with E-state index >= 15 is 0 Å². The fourth-order valence-electron chi connectivity index (χ4n) is 2.96. The van der Waals surface area contributed by atoms with Crippen molar-refractivity contribution < 1.29 is 17.9 Å². The van der Waals surface area contributed by atoms with Crippen molar-refractivity contribution in [3.05, 3.63) is 59.7 Å². The molecule has 0 saturated carbocycles. The maximum atomic E-state index is 12.6. The predicted molar refractivity (Wildman–Crippen MR) is 104 cm³/mol. The number of aryl methyl sites for hydroxylation is 1. The van der Waals surface area contributed by atoms with Gasteiger partial charge < -0.3 is 10.1 Å². The van der Waals surface area contributed by atoms with Crippen LogP contribution >= 0.6 is 0 Å². The second kappa shape index (κ2) is 8.65. The summed E-state index contributed by atoms with van der Waals surface area (Å²) in [6, 6.07) is 13.8. The molecule has 0 radical (unpaired) electrons. The Kier molecular flexibility index (Phi) is 6.26. The topological polar surface area (TPSA) is 75.7 Å². The molecule has 0 aromatic heterocycles. The Morgan fingerprint density at radius 3 is 2.26 bits per heavy atom. The van der Waals surface area contributed by atoms with E-state index in [1.807, 2.05) is 24.3 Å². The maximum absolute atomic E-state index is 12.6. The third-order valence-electron chi connectivity index (χ3n) is 4.47. The van der Waals surface area contributed by atoms with Gasteiger partial charge >= 0.3 is 0 Å². The molecule has 1 saturated heterocycles. The molecule has 0 atom stereocenters. The van der Waals surface area contributed by atoms with Gasteiger partial charge in [0.1, 0.15) is 0 Å². The number of carbonyl (C=O) groups excluding carboxylic acids is 1. The SMILES string of the molecule is CCCc1ccc(NC(=O)c2ccc(S(=O)(=O)N3CCOCC3)cc2)cc1. The summed E-state index contributed by atoms with van der Waals surface area (Å²) in [5.74, 6) is -0.270. The van der Waals surface area contributed by atoms with Crippen molar-refractivity contribution in [1.29, 1.82) is 0 Å². The van der Waals surface area contributed by atoms with Crippen molar-refractivity contribution in [2.24, 2.45) is 0 Å². The minimum Gasteiger partial charge on any atom is -0.379 e. The second-order valence-electron chi connectivity index (χ2n) is 6.44. The lowest BCUT2D eigenvalue weighted by Crippen LogP contribution is -2.40. The molecular weight excluding hydrogens is 364 g/mol. The number of rotatable bonds is 6. The van der Waals surface area contributed by atoms with E-state index in [4.69, 9.17) is 4.74 Å². The lowest BCUT2D eigenvalue weighted by Gasteiger charge is -2.26. The number of morpholine rings is 1. The molecule has 1 amide bonds. The molecule has 2 aromatic carbocycles. The number of ether oxygens (including phenoxy) is 1. The van der Waals surface area contributed by atoms with Crippen LogP contribution in [0, 0.1) is 0 Å². The van der Waals surface area contributed by atoms with E-state index in [0.29, 0.717) is 37.6 Å². The minimum atomic E-state index is -3.55. The largest absolute Gasteiger partial charge is 0.379 e. The van der Waals surface area contributed by atoms with Crippen LogP contribution < -0.4 is 5.32 Å². The summed E-state index contributed by atoms with van der Waals surface area (Å²) in [6.07, 6.45) is 2.08. The Morgan fingerprint density at radius 2 is 1.67 bits per heavy atom. The molecule has 1 heterocycles. The van der Waals surface area contributed by atoms with Crippen LogP contribution in [0.25, 0.3) is 0 Å². The Balaban J connectivity index is 1.68. The highest BCUT2D eigenvalue weighted by atomic mass is 32.2. The molecule has 0 bridgehead atoms. The predicted octanol–water partition coefficient (Wildman–Crippen LogP) is 2.91. The number of amides is 1. The number of nitrogens with zero attached hydrogens (tertiary/aromatic N) is 1. The van der Waals surface area contributed by atoms with Gasteiger partial charge in [-0.05, 0) is 48.4 Å². The third-order valence-corrected chi connectivity index (χ3v) is 6.39. The summed E-state index contributed by atoms with van der Waals surface area (Å²) >= 11 is 0. The van der Waals surface area contributed by atoms with Crippen molar-refractivity contribution in [2.75, 3.05) is 31.6 Å². The first-order chi connectivity index (χ1) is 13.0. The summed E-state index contributed by atoms with van der Waals surface area (Å²) in [4.78, 5) is 12.6. The van der Waals surface area contributed by atoms with Crippen molar-refractivity contribution in [1.82, 2.24) is 4.31 Å². The van der Waals surface area contributed by atoms with Crippen molar-refractivity contribution in [2.45, 2.75) is 24.7 Å². The van der Waals surface area contributed by atoms with Gasteiger partial charge in [-0.3, -0.25) is 4.79 Å².